The van der Waals surface area contributed by atoms with Crippen molar-refractivity contribution in [1.82, 2.24) is 0 Å². The number of hydrogen-bond acceptors (Lipinski definition) is 4. The predicted molar refractivity (Wildman–Crippen MR) is 63.3 cm³/mol. The second-order valence-electron chi connectivity index (χ2n) is 2.72. The molecule has 14 heavy (non-hydrogen) atoms. The lowest BCUT2D eigenvalue weighted by atomic mass is 10.6. The van der Waals surface area contributed by atoms with E-state index in [4.69, 9.17) is 13.3 Å². The van der Waals surface area contributed by atoms with Crippen LogP contribution in [-0.4, -0.2) is 35.0 Å². The molecule has 0 fully saturated rings. The van der Waals surface area contributed by atoms with Gasteiger partial charge >= 0.3 is 8.80 Å². The summed E-state index contributed by atoms with van der Waals surface area (Å²) in [6.07, 6.45) is 2.98. The molecule has 1 atom stereocenters. The van der Waals surface area contributed by atoms with Crippen LogP contribution in [0.5, 0.6) is 0 Å². The number of hydrogen-bond donors (Lipinski definition) is 0. The molecule has 0 aliphatic carbocycles. The third-order valence-corrected chi connectivity index (χ3v) is 7.27. The Morgan fingerprint density at radius 1 is 1.21 bits per heavy atom. The molecule has 0 aromatic rings. The van der Waals surface area contributed by atoms with Gasteiger partial charge in [0.2, 0.25) is 0 Å². The zero-order valence-corrected chi connectivity index (χ0v) is 11.4. The minimum Gasteiger partial charge on any atom is -0.376 e. The van der Waals surface area contributed by atoms with Gasteiger partial charge in [0.1, 0.15) is 0 Å². The van der Waals surface area contributed by atoms with Crippen LogP contribution < -0.4 is 0 Å². The van der Waals surface area contributed by atoms with E-state index in [1.54, 1.807) is 33.1 Å². The highest BCUT2D eigenvalue weighted by atomic mass is 32.2. The summed E-state index contributed by atoms with van der Waals surface area (Å²) in [5.74, 6) is 0. The highest BCUT2D eigenvalue weighted by molar-refractivity contribution is 8.04. The first kappa shape index (κ1) is 14.2. The molecule has 1 unspecified atom stereocenters. The quantitative estimate of drug-likeness (QED) is 0.635. The molecule has 0 amide bonds. The highest BCUT2D eigenvalue weighted by Crippen LogP contribution is 2.27. The van der Waals surface area contributed by atoms with Gasteiger partial charge in [0.25, 0.3) is 0 Å². The van der Waals surface area contributed by atoms with E-state index in [1.165, 1.54) is 0 Å². The van der Waals surface area contributed by atoms with Crippen molar-refractivity contribution in [1.29, 1.82) is 0 Å². The Balaban J connectivity index is 4.56. The van der Waals surface area contributed by atoms with Gasteiger partial charge in [-0.2, -0.15) is 0 Å². The molecule has 0 aromatic heterocycles. The third kappa shape index (κ3) is 3.40. The molecule has 0 aliphatic rings. The zero-order chi connectivity index (χ0) is 11.0. The Morgan fingerprint density at radius 2 is 1.71 bits per heavy atom. The largest absolute Gasteiger partial charge is 0.514 e. The fourth-order valence-electron chi connectivity index (χ4n) is 1.25. The molecule has 0 N–H and O–H groups in total. The van der Waals surface area contributed by atoms with Gasteiger partial charge < -0.3 is 13.3 Å². The first-order valence-corrected chi connectivity index (χ1v) is 7.37. The molecule has 0 saturated heterocycles. The van der Waals surface area contributed by atoms with E-state index in [9.17, 15) is 0 Å². The van der Waals surface area contributed by atoms with Crippen LogP contribution in [-0.2, 0) is 13.3 Å². The van der Waals surface area contributed by atoms with E-state index in [0.717, 1.165) is 6.42 Å². The maximum Gasteiger partial charge on any atom is 0.514 e. The van der Waals surface area contributed by atoms with Gasteiger partial charge in [-0.25, -0.2) is 0 Å². The van der Waals surface area contributed by atoms with Crippen molar-refractivity contribution >= 4 is 20.6 Å². The standard InChI is InChI=1S/C9H20O3SSi/c1-6-8-13-9(7-2)14(10-3,11-4)12-5/h6,8-9H,7H2,1-5H3/b8-6-. The maximum atomic E-state index is 5.43. The Kier molecular flexibility index (Phi) is 7.57. The Hall–Kier alpha value is 0.187. The van der Waals surface area contributed by atoms with Crippen LogP contribution >= 0.6 is 11.8 Å². The molecule has 84 valence electrons. The van der Waals surface area contributed by atoms with Gasteiger partial charge in [-0.1, -0.05) is 13.0 Å². The summed E-state index contributed by atoms with van der Waals surface area (Å²) in [5.41, 5.74) is 0. The monoisotopic (exact) mass is 236 g/mol. The molecule has 0 aromatic carbocycles. The van der Waals surface area contributed by atoms with Gasteiger partial charge in [0.05, 0.1) is 4.87 Å². The van der Waals surface area contributed by atoms with E-state index in [-0.39, 0.29) is 4.87 Å². The van der Waals surface area contributed by atoms with Crippen LogP contribution in [0.15, 0.2) is 11.5 Å². The van der Waals surface area contributed by atoms with Gasteiger partial charge in [-0.15, -0.1) is 11.8 Å². The summed E-state index contributed by atoms with van der Waals surface area (Å²) >= 11 is 1.71. The molecular formula is C9H20O3SSi. The minimum atomic E-state index is -2.47. The summed E-state index contributed by atoms with van der Waals surface area (Å²) in [6, 6.07) is 0. The average molecular weight is 236 g/mol. The van der Waals surface area contributed by atoms with Gasteiger partial charge in [-0.3, -0.25) is 0 Å². The minimum absolute atomic E-state index is 0.263. The Morgan fingerprint density at radius 3 is 2.00 bits per heavy atom. The molecule has 0 saturated carbocycles. The van der Waals surface area contributed by atoms with E-state index >= 15 is 0 Å². The molecule has 0 heterocycles. The zero-order valence-electron chi connectivity index (χ0n) is 9.57. The van der Waals surface area contributed by atoms with Crippen LogP contribution in [0.4, 0.5) is 0 Å². The molecule has 0 bridgehead atoms. The van der Waals surface area contributed by atoms with Gasteiger partial charge in [-0.05, 0) is 18.8 Å². The summed E-state index contributed by atoms with van der Waals surface area (Å²) in [5, 5.41) is 2.05. The molecule has 0 radical (unpaired) electrons. The molecule has 5 heteroatoms. The first-order chi connectivity index (χ1) is 6.70. The Labute approximate surface area is 92.2 Å². The Bertz CT molecular complexity index is 163. The second-order valence-corrected chi connectivity index (χ2v) is 7.38. The maximum absolute atomic E-state index is 5.43. The molecular weight excluding hydrogens is 216 g/mol. The summed E-state index contributed by atoms with van der Waals surface area (Å²) in [7, 11) is 2.48. The highest BCUT2D eigenvalue weighted by Gasteiger charge is 2.46. The lowest BCUT2D eigenvalue weighted by Gasteiger charge is -2.30. The van der Waals surface area contributed by atoms with E-state index in [2.05, 4.69) is 6.92 Å². The van der Waals surface area contributed by atoms with Crippen molar-refractivity contribution in [3.8, 4) is 0 Å². The molecule has 0 spiro atoms. The van der Waals surface area contributed by atoms with Crippen LogP contribution in [0.25, 0.3) is 0 Å². The fourth-order valence-corrected chi connectivity index (χ4v) is 5.34. The molecule has 0 rings (SSSR count). The normalized spacial score (nSPS) is 14.9. The number of allylic oxidation sites excluding steroid dienone is 1. The van der Waals surface area contributed by atoms with Crippen LogP contribution in [0.3, 0.4) is 0 Å². The average Bonchev–Trinajstić information content (AvgIpc) is 2.25. The summed E-state index contributed by atoms with van der Waals surface area (Å²) < 4.78 is 16.3. The topological polar surface area (TPSA) is 27.7 Å². The van der Waals surface area contributed by atoms with E-state index < -0.39 is 8.80 Å². The van der Waals surface area contributed by atoms with Crippen molar-refractivity contribution in [2.45, 2.75) is 25.1 Å². The SMILES string of the molecule is C/C=C\SC(CC)[Si](OC)(OC)OC. The number of thioether (sulfide) groups is 1. The van der Waals surface area contributed by atoms with E-state index in [0.29, 0.717) is 0 Å². The van der Waals surface area contributed by atoms with E-state index in [1.807, 2.05) is 18.4 Å². The van der Waals surface area contributed by atoms with Crippen LogP contribution in [0.2, 0.25) is 0 Å². The fraction of sp³-hybridized carbons (Fsp3) is 0.778. The van der Waals surface area contributed by atoms with Gasteiger partial charge in [0.15, 0.2) is 0 Å². The lowest BCUT2D eigenvalue weighted by molar-refractivity contribution is 0.121. The molecule has 3 nitrogen and oxygen atoms in total. The lowest BCUT2D eigenvalue weighted by Crippen LogP contribution is -2.52. The second kappa shape index (κ2) is 7.47. The van der Waals surface area contributed by atoms with Crippen molar-refractivity contribution in [2.24, 2.45) is 0 Å². The van der Waals surface area contributed by atoms with Crippen LogP contribution in [0, 0.1) is 0 Å². The van der Waals surface area contributed by atoms with Gasteiger partial charge in [0, 0.05) is 21.3 Å². The first-order valence-electron chi connectivity index (χ1n) is 4.62. The smallest absolute Gasteiger partial charge is 0.376 e. The van der Waals surface area contributed by atoms with Crippen LogP contribution in [0.1, 0.15) is 20.3 Å². The summed E-state index contributed by atoms with van der Waals surface area (Å²) in [4.78, 5) is 0.263. The third-order valence-electron chi connectivity index (χ3n) is 2.00. The van der Waals surface area contributed by atoms with Crippen molar-refractivity contribution < 1.29 is 13.3 Å². The molecule has 0 aliphatic heterocycles. The van der Waals surface area contributed by atoms with Crippen molar-refractivity contribution in [3.63, 3.8) is 0 Å². The summed E-state index contributed by atoms with van der Waals surface area (Å²) in [6.45, 7) is 4.11. The predicted octanol–water partition coefficient (Wildman–Crippen LogP) is 2.45. The van der Waals surface area contributed by atoms with Crippen molar-refractivity contribution in [3.05, 3.63) is 11.5 Å². The van der Waals surface area contributed by atoms with Crippen molar-refractivity contribution in [2.75, 3.05) is 21.3 Å². The number of rotatable bonds is 7.